The zero-order valence-electron chi connectivity index (χ0n) is 6.10. The molecule has 0 bridgehead atoms. The van der Waals surface area contributed by atoms with Crippen LogP contribution in [0.4, 0.5) is 4.39 Å². The van der Waals surface area contributed by atoms with E-state index in [1.807, 2.05) is 0 Å². The van der Waals surface area contributed by atoms with E-state index in [1.165, 1.54) is 0 Å². The molecule has 0 spiro atoms. The van der Waals surface area contributed by atoms with Gasteiger partial charge in [0.25, 0.3) is 0 Å². The van der Waals surface area contributed by atoms with Crippen LogP contribution in [0, 0.1) is 0 Å². The highest BCUT2D eigenvalue weighted by molar-refractivity contribution is 5.88. The van der Waals surface area contributed by atoms with Crippen molar-refractivity contribution in [3.05, 3.63) is 0 Å². The Morgan fingerprint density at radius 2 is 2.18 bits per heavy atom. The maximum absolute atomic E-state index is 11.5. The van der Waals surface area contributed by atoms with Gasteiger partial charge in [-0.1, -0.05) is 0 Å². The minimum atomic E-state index is -0.658. The largest absolute Gasteiger partial charge is 0.352 e. The van der Waals surface area contributed by atoms with Crippen LogP contribution in [0.1, 0.15) is 12.8 Å². The molecule has 0 atom stereocenters. The highest BCUT2D eigenvalue weighted by Gasteiger charge is 2.45. The van der Waals surface area contributed by atoms with E-state index in [4.69, 9.17) is 5.73 Å². The second-order valence-corrected chi connectivity index (χ2v) is 2.60. The number of amides is 1. The maximum atomic E-state index is 11.5. The van der Waals surface area contributed by atoms with E-state index in [0.717, 1.165) is 12.8 Å². The first-order valence-corrected chi connectivity index (χ1v) is 3.32. The third kappa shape index (κ3) is 2.63. The molecule has 0 radical (unpaired) electrons. The van der Waals surface area contributed by atoms with Crippen LogP contribution >= 0.6 is 12.4 Å². The number of carbonyl (C=O) groups excluding carboxylic acids is 1. The van der Waals surface area contributed by atoms with Gasteiger partial charge in [-0.05, 0) is 12.8 Å². The zero-order chi connectivity index (χ0) is 7.61. The van der Waals surface area contributed by atoms with E-state index >= 15 is 0 Å². The highest BCUT2D eigenvalue weighted by Crippen LogP contribution is 2.31. The van der Waals surface area contributed by atoms with E-state index in [2.05, 4.69) is 5.32 Å². The number of nitrogens with one attached hydrogen (secondary N) is 1. The molecule has 0 aromatic rings. The second-order valence-electron chi connectivity index (χ2n) is 2.60. The van der Waals surface area contributed by atoms with Gasteiger partial charge in [-0.25, -0.2) is 4.39 Å². The molecular weight excluding hydrogens is 171 g/mol. The zero-order valence-corrected chi connectivity index (χ0v) is 6.92. The molecule has 1 fully saturated rings. The summed E-state index contributed by atoms with van der Waals surface area (Å²) in [5.74, 6) is -0.217. The Morgan fingerprint density at radius 1 is 1.64 bits per heavy atom. The Labute approximate surface area is 70.9 Å². The Bertz CT molecular complexity index is 150. The predicted molar refractivity (Wildman–Crippen MR) is 42.4 cm³/mol. The number of rotatable bonds is 3. The number of halogens is 2. The minimum Gasteiger partial charge on any atom is -0.352 e. The lowest BCUT2D eigenvalue weighted by Crippen LogP contribution is -2.43. The van der Waals surface area contributed by atoms with Gasteiger partial charge in [0.15, 0.2) is 0 Å². The van der Waals surface area contributed by atoms with E-state index < -0.39 is 12.2 Å². The Balaban J connectivity index is 0.000001000. The summed E-state index contributed by atoms with van der Waals surface area (Å²) in [5, 5.41) is 2.40. The first-order valence-electron chi connectivity index (χ1n) is 3.32. The van der Waals surface area contributed by atoms with Gasteiger partial charge in [0.2, 0.25) is 5.91 Å². The van der Waals surface area contributed by atoms with Crippen molar-refractivity contribution in [2.45, 2.75) is 18.4 Å². The van der Waals surface area contributed by atoms with Crippen molar-refractivity contribution in [1.29, 1.82) is 0 Å². The third-order valence-corrected chi connectivity index (χ3v) is 1.62. The fourth-order valence-electron chi connectivity index (χ4n) is 0.699. The standard InChI is InChI=1S/C6H11FN2O.ClH/c7-3-4-9-5(10)6(8)1-2-6;/h1-4,8H2,(H,9,10);1H. The van der Waals surface area contributed by atoms with Crippen molar-refractivity contribution >= 4 is 18.3 Å². The van der Waals surface area contributed by atoms with Gasteiger partial charge in [-0.2, -0.15) is 0 Å². The summed E-state index contributed by atoms with van der Waals surface area (Å²) in [7, 11) is 0. The Hall–Kier alpha value is -0.350. The topological polar surface area (TPSA) is 55.1 Å². The average Bonchev–Trinajstić information content (AvgIpc) is 2.64. The summed E-state index contributed by atoms with van der Waals surface area (Å²) in [6.07, 6.45) is 1.45. The van der Waals surface area contributed by atoms with Crippen LogP contribution in [-0.2, 0) is 4.79 Å². The van der Waals surface area contributed by atoms with Gasteiger partial charge in [0.05, 0.1) is 5.54 Å². The summed E-state index contributed by atoms with van der Waals surface area (Å²) in [5.41, 5.74) is 4.84. The number of alkyl halides is 1. The first-order chi connectivity index (χ1) is 4.69. The smallest absolute Gasteiger partial charge is 0.240 e. The molecule has 0 aliphatic heterocycles. The van der Waals surface area contributed by atoms with Gasteiger partial charge < -0.3 is 11.1 Å². The monoisotopic (exact) mass is 182 g/mol. The maximum Gasteiger partial charge on any atom is 0.240 e. The molecular formula is C6H12ClFN2O. The van der Waals surface area contributed by atoms with E-state index in [1.54, 1.807) is 0 Å². The summed E-state index contributed by atoms with van der Waals surface area (Å²) < 4.78 is 11.5. The number of carbonyl (C=O) groups is 1. The van der Waals surface area contributed by atoms with Crippen molar-refractivity contribution in [2.24, 2.45) is 5.73 Å². The predicted octanol–water partition coefficient (Wildman–Crippen LogP) is -0.0148. The van der Waals surface area contributed by atoms with Crippen molar-refractivity contribution < 1.29 is 9.18 Å². The van der Waals surface area contributed by atoms with E-state index in [9.17, 15) is 9.18 Å². The molecule has 3 nitrogen and oxygen atoms in total. The van der Waals surface area contributed by atoms with Crippen molar-refractivity contribution in [3.8, 4) is 0 Å². The lowest BCUT2D eigenvalue weighted by Gasteiger charge is -2.07. The second kappa shape index (κ2) is 3.88. The van der Waals surface area contributed by atoms with Crippen LogP contribution < -0.4 is 11.1 Å². The van der Waals surface area contributed by atoms with Crippen molar-refractivity contribution in [1.82, 2.24) is 5.32 Å². The molecule has 1 aliphatic carbocycles. The molecule has 0 unspecified atom stereocenters. The van der Waals surface area contributed by atoms with E-state index in [-0.39, 0.29) is 24.9 Å². The molecule has 1 aliphatic rings. The summed E-state index contributed by atoms with van der Waals surface area (Å²) in [4.78, 5) is 10.9. The van der Waals surface area contributed by atoms with E-state index in [0.29, 0.717) is 0 Å². The highest BCUT2D eigenvalue weighted by atomic mass is 35.5. The van der Waals surface area contributed by atoms with Crippen LogP contribution in [0.5, 0.6) is 0 Å². The lowest BCUT2D eigenvalue weighted by atomic mass is 10.3. The molecule has 11 heavy (non-hydrogen) atoms. The fourth-order valence-corrected chi connectivity index (χ4v) is 0.699. The normalized spacial score (nSPS) is 18.4. The molecule has 0 aromatic carbocycles. The van der Waals surface area contributed by atoms with Gasteiger partial charge in [-0.3, -0.25) is 4.79 Å². The quantitative estimate of drug-likeness (QED) is 0.645. The van der Waals surface area contributed by atoms with Crippen LogP contribution in [0.25, 0.3) is 0 Å². The third-order valence-electron chi connectivity index (χ3n) is 1.62. The summed E-state index contributed by atoms with van der Waals surface area (Å²) in [6.45, 7) is -0.445. The van der Waals surface area contributed by atoms with Crippen molar-refractivity contribution in [3.63, 3.8) is 0 Å². The molecule has 0 heterocycles. The number of hydrogen-bond donors (Lipinski definition) is 2. The molecule has 66 valence electrons. The molecule has 0 aromatic heterocycles. The van der Waals surface area contributed by atoms with Crippen LogP contribution in [0.15, 0.2) is 0 Å². The van der Waals surface area contributed by atoms with Crippen LogP contribution in [-0.4, -0.2) is 24.7 Å². The SMILES string of the molecule is Cl.NC1(C(=O)NCCF)CC1. The minimum absolute atomic E-state index is 0. The summed E-state index contributed by atoms with van der Waals surface area (Å²) >= 11 is 0. The average molecular weight is 183 g/mol. The Morgan fingerprint density at radius 3 is 2.55 bits per heavy atom. The number of nitrogens with two attached hydrogens (primary N) is 1. The molecule has 1 amide bonds. The molecule has 5 heteroatoms. The van der Waals surface area contributed by atoms with Crippen LogP contribution in [0.2, 0.25) is 0 Å². The molecule has 3 N–H and O–H groups in total. The summed E-state index contributed by atoms with van der Waals surface area (Å²) in [6, 6.07) is 0. The van der Waals surface area contributed by atoms with Gasteiger partial charge >= 0.3 is 0 Å². The van der Waals surface area contributed by atoms with Gasteiger partial charge in [0.1, 0.15) is 6.67 Å². The Kier molecular flexibility index (Phi) is 3.75. The fraction of sp³-hybridized carbons (Fsp3) is 0.833. The van der Waals surface area contributed by atoms with Gasteiger partial charge in [-0.15, -0.1) is 12.4 Å². The van der Waals surface area contributed by atoms with Crippen LogP contribution in [0.3, 0.4) is 0 Å². The molecule has 0 saturated heterocycles. The van der Waals surface area contributed by atoms with Crippen molar-refractivity contribution in [2.75, 3.05) is 13.2 Å². The molecule has 1 saturated carbocycles. The lowest BCUT2D eigenvalue weighted by molar-refractivity contribution is -0.123. The number of hydrogen-bond acceptors (Lipinski definition) is 2. The first kappa shape index (κ1) is 10.7. The molecule has 1 rings (SSSR count). The van der Waals surface area contributed by atoms with Gasteiger partial charge in [0, 0.05) is 6.54 Å².